The molecule has 3 heteroatoms. The Kier molecular flexibility index (Phi) is 11.5. The van der Waals surface area contributed by atoms with Gasteiger partial charge in [0.25, 0.3) is 0 Å². The van der Waals surface area contributed by atoms with Crippen LogP contribution in [-0.2, 0) is 4.79 Å². The number of unbranched alkanes of at least 4 members (excludes halogenated alkanes) is 9. The van der Waals surface area contributed by atoms with E-state index >= 15 is 0 Å². The average Bonchev–Trinajstić information content (AvgIpc) is 2.31. The topological polar surface area (TPSA) is 37.3 Å². The Morgan fingerprint density at radius 3 is 1.76 bits per heavy atom. The van der Waals surface area contributed by atoms with Crippen LogP contribution in [0.5, 0.6) is 0 Å². The standard InChI is InChI=1S/C14H27FO2/c1-2-3-4-5-6-7-8-9-10-11-12-13(15)14(16)17/h13H,2-12H2,1H3,(H,16,17). The van der Waals surface area contributed by atoms with Crippen molar-refractivity contribution in [3.63, 3.8) is 0 Å². The van der Waals surface area contributed by atoms with Gasteiger partial charge in [-0.1, -0.05) is 64.7 Å². The van der Waals surface area contributed by atoms with Crippen molar-refractivity contribution in [3.05, 3.63) is 0 Å². The number of hydrogen-bond acceptors (Lipinski definition) is 1. The predicted octanol–water partition coefficient (Wildman–Crippen LogP) is 4.72. The number of carbonyl (C=O) groups is 1. The summed E-state index contributed by atoms with van der Waals surface area (Å²) in [6.07, 6.45) is 10.4. The molecule has 0 heterocycles. The molecule has 0 spiro atoms. The number of halogens is 1. The monoisotopic (exact) mass is 246 g/mol. The van der Waals surface area contributed by atoms with Gasteiger partial charge in [-0.2, -0.15) is 0 Å². The summed E-state index contributed by atoms with van der Waals surface area (Å²) < 4.78 is 12.7. The highest BCUT2D eigenvalue weighted by molar-refractivity contribution is 5.71. The first-order valence-electron chi connectivity index (χ1n) is 7.05. The van der Waals surface area contributed by atoms with E-state index in [-0.39, 0.29) is 6.42 Å². The van der Waals surface area contributed by atoms with Crippen LogP contribution in [0.4, 0.5) is 4.39 Å². The molecule has 17 heavy (non-hydrogen) atoms. The lowest BCUT2D eigenvalue weighted by atomic mass is 10.1. The van der Waals surface area contributed by atoms with Crippen molar-refractivity contribution in [2.45, 2.75) is 83.7 Å². The van der Waals surface area contributed by atoms with Crippen molar-refractivity contribution < 1.29 is 14.3 Å². The number of rotatable bonds is 12. The molecule has 0 fully saturated rings. The van der Waals surface area contributed by atoms with Crippen LogP contribution in [0, 0.1) is 0 Å². The second-order valence-corrected chi connectivity index (χ2v) is 4.78. The summed E-state index contributed by atoms with van der Waals surface area (Å²) in [5.41, 5.74) is 0. The molecule has 0 aliphatic rings. The maximum atomic E-state index is 12.7. The third kappa shape index (κ3) is 11.7. The molecule has 0 saturated heterocycles. The van der Waals surface area contributed by atoms with Crippen molar-refractivity contribution in [1.82, 2.24) is 0 Å². The lowest BCUT2D eigenvalue weighted by Crippen LogP contribution is -2.13. The maximum Gasteiger partial charge on any atom is 0.338 e. The molecule has 0 aromatic rings. The number of hydrogen-bond donors (Lipinski definition) is 1. The summed E-state index contributed by atoms with van der Waals surface area (Å²) in [5.74, 6) is -1.32. The van der Waals surface area contributed by atoms with Crippen LogP contribution in [0.25, 0.3) is 0 Å². The molecule has 0 aliphatic heterocycles. The zero-order valence-corrected chi connectivity index (χ0v) is 11.1. The summed E-state index contributed by atoms with van der Waals surface area (Å²) in [6, 6.07) is 0. The van der Waals surface area contributed by atoms with Crippen molar-refractivity contribution in [2.75, 3.05) is 0 Å². The Hall–Kier alpha value is -0.600. The van der Waals surface area contributed by atoms with Crippen molar-refractivity contribution in [2.24, 2.45) is 0 Å². The molecule has 2 nitrogen and oxygen atoms in total. The second-order valence-electron chi connectivity index (χ2n) is 4.78. The molecular weight excluding hydrogens is 219 g/mol. The molecule has 0 rings (SSSR count). The van der Waals surface area contributed by atoms with Crippen molar-refractivity contribution >= 4 is 5.97 Å². The van der Waals surface area contributed by atoms with E-state index in [9.17, 15) is 9.18 Å². The molecule has 0 aliphatic carbocycles. The fourth-order valence-electron chi connectivity index (χ4n) is 1.93. The van der Waals surface area contributed by atoms with Crippen LogP contribution in [0.2, 0.25) is 0 Å². The molecule has 0 aromatic heterocycles. The SMILES string of the molecule is CCCCCCCCCCCCC(F)C(=O)O. The third-order valence-electron chi connectivity index (χ3n) is 3.08. The summed E-state index contributed by atoms with van der Waals surface area (Å²) in [5, 5.41) is 8.35. The molecular formula is C14H27FO2. The minimum Gasteiger partial charge on any atom is -0.479 e. The molecule has 0 saturated carbocycles. The molecule has 0 aromatic carbocycles. The zero-order chi connectivity index (χ0) is 12.9. The van der Waals surface area contributed by atoms with Gasteiger partial charge in [0.2, 0.25) is 0 Å². The molecule has 102 valence electrons. The Labute approximate surface area is 105 Å². The Bertz CT molecular complexity index is 183. The van der Waals surface area contributed by atoms with Crippen LogP contribution < -0.4 is 0 Å². The van der Waals surface area contributed by atoms with Gasteiger partial charge in [0.15, 0.2) is 6.17 Å². The molecule has 1 atom stereocenters. The van der Waals surface area contributed by atoms with Crippen LogP contribution in [0.15, 0.2) is 0 Å². The first-order valence-corrected chi connectivity index (χ1v) is 7.05. The number of aliphatic carboxylic acids is 1. The number of carboxylic acids is 1. The van der Waals surface area contributed by atoms with Gasteiger partial charge in [0.05, 0.1) is 0 Å². The zero-order valence-electron chi connectivity index (χ0n) is 11.1. The van der Waals surface area contributed by atoms with Gasteiger partial charge < -0.3 is 5.11 Å². The summed E-state index contributed by atoms with van der Waals surface area (Å²) >= 11 is 0. The van der Waals surface area contributed by atoms with Gasteiger partial charge in [-0.3, -0.25) is 0 Å². The summed E-state index contributed by atoms with van der Waals surface area (Å²) in [7, 11) is 0. The van der Waals surface area contributed by atoms with E-state index in [1.165, 1.54) is 44.9 Å². The average molecular weight is 246 g/mol. The van der Waals surface area contributed by atoms with Crippen LogP contribution >= 0.6 is 0 Å². The van der Waals surface area contributed by atoms with Crippen LogP contribution in [0.3, 0.4) is 0 Å². The Balaban J connectivity index is 3.06. The third-order valence-corrected chi connectivity index (χ3v) is 3.08. The molecule has 0 radical (unpaired) electrons. The Morgan fingerprint density at radius 1 is 0.941 bits per heavy atom. The minimum atomic E-state index is -1.66. The van der Waals surface area contributed by atoms with E-state index in [4.69, 9.17) is 5.11 Å². The van der Waals surface area contributed by atoms with Gasteiger partial charge in [-0.15, -0.1) is 0 Å². The van der Waals surface area contributed by atoms with Gasteiger partial charge in [0.1, 0.15) is 0 Å². The van der Waals surface area contributed by atoms with Crippen LogP contribution in [-0.4, -0.2) is 17.2 Å². The maximum absolute atomic E-state index is 12.7. The smallest absolute Gasteiger partial charge is 0.338 e. The summed E-state index contributed by atoms with van der Waals surface area (Å²) in [4.78, 5) is 10.2. The minimum absolute atomic E-state index is 0.172. The molecule has 1 unspecified atom stereocenters. The van der Waals surface area contributed by atoms with E-state index in [2.05, 4.69) is 6.92 Å². The largest absolute Gasteiger partial charge is 0.479 e. The van der Waals surface area contributed by atoms with E-state index in [0.29, 0.717) is 6.42 Å². The highest BCUT2D eigenvalue weighted by atomic mass is 19.1. The van der Waals surface area contributed by atoms with E-state index in [1.807, 2.05) is 0 Å². The van der Waals surface area contributed by atoms with E-state index in [0.717, 1.165) is 12.8 Å². The normalized spacial score (nSPS) is 12.6. The Morgan fingerprint density at radius 2 is 1.35 bits per heavy atom. The lowest BCUT2D eigenvalue weighted by molar-refractivity contribution is -0.143. The molecule has 0 bridgehead atoms. The first-order chi connectivity index (χ1) is 8.18. The fourth-order valence-corrected chi connectivity index (χ4v) is 1.93. The lowest BCUT2D eigenvalue weighted by Gasteiger charge is -2.03. The van der Waals surface area contributed by atoms with E-state index in [1.54, 1.807) is 0 Å². The quantitative estimate of drug-likeness (QED) is 0.506. The van der Waals surface area contributed by atoms with Gasteiger partial charge in [-0.05, 0) is 12.8 Å². The summed E-state index contributed by atoms with van der Waals surface area (Å²) in [6.45, 7) is 2.22. The van der Waals surface area contributed by atoms with E-state index < -0.39 is 12.1 Å². The highest BCUT2D eigenvalue weighted by Crippen LogP contribution is 2.12. The van der Waals surface area contributed by atoms with Gasteiger partial charge >= 0.3 is 5.97 Å². The first kappa shape index (κ1) is 16.4. The highest BCUT2D eigenvalue weighted by Gasteiger charge is 2.13. The van der Waals surface area contributed by atoms with Crippen molar-refractivity contribution in [3.8, 4) is 0 Å². The van der Waals surface area contributed by atoms with Gasteiger partial charge in [-0.25, -0.2) is 9.18 Å². The predicted molar refractivity (Wildman–Crippen MR) is 69.0 cm³/mol. The number of alkyl halides is 1. The second kappa shape index (κ2) is 11.9. The molecule has 1 N–H and O–H groups in total. The van der Waals surface area contributed by atoms with Crippen molar-refractivity contribution in [1.29, 1.82) is 0 Å². The fraction of sp³-hybridized carbons (Fsp3) is 0.929. The number of carboxylic acid groups (broad SMARTS) is 1. The molecule has 0 amide bonds. The van der Waals surface area contributed by atoms with Crippen LogP contribution in [0.1, 0.15) is 77.6 Å². The van der Waals surface area contributed by atoms with Gasteiger partial charge in [0, 0.05) is 0 Å².